The molecule has 0 amide bonds. The average Bonchev–Trinajstić information content (AvgIpc) is 2.37. The Morgan fingerprint density at radius 1 is 1.21 bits per heavy atom. The van der Waals surface area contributed by atoms with Gasteiger partial charge in [-0.2, -0.15) is 8.78 Å². The summed E-state index contributed by atoms with van der Waals surface area (Å²) < 4.78 is 28.8. The van der Waals surface area contributed by atoms with Gasteiger partial charge in [-0.25, -0.2) is 4.79 Å². The standard InChI is InChI=1S/C13H12F2N2O2/c1-9-7-17(12(19)16-11(9)18)8-13(14,15)10-5-3-2-4-6-10/h2-7H,8H2,1H3,(H,16,18,19). The molecule has 0 radical (unpaired) electrons. The van der Waals surface area contributed by atoms with Crippen molar-refractivity contribution in [1.29, 1.82) is 0 Å². The molecule has 0 saturated heterocycles. The zero-order valence-electron chi connectivity index (χ0n) is 10.2. The van der Waals surface area contributed by atoms with Gasteiger partial charge >= 0.3 is 5.69 Å². The van der Waals surface area contributed by atoms with Crippen LogP contribution >= 0.6 is 0 Å². The number of aromatic amines is 1. The molecule has 2 rings (SSSR count). The van der Waals surface area contributed by atoms with Gasteiger partial charge in [0.25, 0.3) is 11.5 Å². The summed E-state index contributed by atoms with van der Waals surface area (Å²) in [4.78, 5) is 24.6. The second kappa shape index (κ2) is 4.79. The van der Waals surface area contributed by atoms with Crippen LogP contribution in [0.15, 0.2) is 46.1 Å². The van der Waals surface area contributed by atoms with Gasteiger partial charge in [-0.05, 0) is 6.92 Å². The summed E-state index contributed by atoms with van der Waals surface area (Å²) in [6.45, 7) is 0.642. The molecule has 0 fully saturated rings. The van der Waals surface area contributed by atoms with Crippen molar-refractivity contribution in [2.75, 3.05) is 0 Å². The van der Waals surface area contributed by atoms with Crippen molar-refractivity contribution < 1.29 is 8.78 Å². The molecule has 0 aliphatic rings. The summed E-state index contributed by atoms with van der Waals surface area (Å²) in [6.07, 6.45) is 1.14. The van der Waals surface area contributed by atoms with E-state index in [0.717, 1.165) is 10.8 Å². The Hall–Kier alpha value is -2.24. The van der Waals surface area contributed by atoms with Crippen LogP contribution in [0.3, 0.4) is 0 Å². The van der Waals surface area contributed by atoms with Gasteiger partial charge in [0.05, 0.1) is 6.54 Å². The lowest BCUT2D eigenvalue weighted by Crippen LogP contribution is -2.35. The molecule has 0 aliphatic carbocycles. The molecule has 4 nitrogen and oxygen atoms in total. The smallest absolute Gasteiger partial charge is 0.294 e. The van der Waals surface area contributed by atoms with E-state index in [4.69, 9.17) is 0 Å². The van der Waals surface area contributed by atoms with Crippen LogP contribution in [0.2, 0.25) is 0 Å². The summed E-state index contributed by atoms with van der Waals surface area (Å²) in [6, 6.07) is 7.23. The fraction of sp³-hybridized carbons (Fsp3) is 0.231. The minimum absolute atomic E-state index is 0.175. The Morgan fingerprint density at radius 3 is 2.47 bits per heavy atom. The number of hydrogen-bond donors (Lipinski definition) is 1. The number of aromatic nitrogens is 2. The number of H-pyrrole nitrogens is 1. The van der Waals surface area contributed by atoms with Gasteiger partial charge in [0.15, 0.2) is 0 Å². The Labute approximate surface area is 107 Å². The van der Waals surface area contributed by atoms with Crippen molar-refractivity contribution in [3.8, 4) is 0 Å². The SMILES string of the molecule is Cc1cn(CC(F)(F)c2ccccc2)c(=O)[nH]c1=O. The van der Waals surface area contributed by atoms with Crippen molar-refractivity contribution in [2.45, 2.75) is 19.4 Å². The van der Waals surface area contributed by atoms with E-state index in [9.17, 15) is 18.4 Å². The first-order valence-corrected chi connectivity index (χ1v) is 5.64. The summed E-state index contributed by atoms with van der Waals surface area (Å²) in [7, 11) is 0. The maximum Gasteiger partial charge on any atom is 0.328 e. The number of nitrogens with one attached hydrogen (secondary N) is 1. The lowest BCUT2D eigenvalue weighted by Gasteiger charge is -2.17. The highest BCUT2D eigenvalue weighted by Crippen LogP contribution is 2.28. The van der Waals surface area contributed by atoms with Gasteiger partial charge in [0.2, 0.25) is 0 Å². The third kappa shape index (κ3) is 2.78. The van der Waals surface area contributed by atoms with Crippen LogP contribution in [-0.4, -0.2) is 9.55 Å². The predicted molar refractivity (Wildman–Crippen MR) is 66.4 cm³/mol. The maximum absolute atomic E-state index is 14.0. The topological polar surface area (TPSA) is 54.9 Å². The molecule has 1 aromatic heterocycles. The van der Waals surface area contributed by atoms with Gasteiger partial charge in [0.1, 0.15) is 0 Å². The van der Waals surface area contributed by atoms with E-state index in [0.29, 0.717) is 0 Å². The Bertz CT molecular complexity index is 690. The van der Waals surface area contributed by atoms with Crippen LogP contribution in [0.4, 0.5) is 8.78 Å². The minimum Gasteiger partial charge on any atom is -0.294 e. The molecule has 1 heterocycles. The van der Waals surface area contributed by atoms with Crippen LogP contribution in [0, 0.1) is 6.92 Å². The highest BCUT2D eigenvalue weighted by molar-refractivity contribution is 5.20. The fourth-order valence-electron chi connectivity index (χ4n) is 1.72. The van der Waals surface area contributed by atoms with E-state index < -0.39 is 23.7 Å². The Morgan fingerprint density at radius 2 is 1.84 bits per heavy atom. The molecule has 2 aromatic rings. The molecule has 19 heavy (non-hydrogen) atoms. The quantitative estimate of drug-likeness (QED) is 0.918. The molecule has 0 atom stereocenters. The number of halogens is 2. The molecule has 0 spiro atoms. The zero-order valence-corrected chi connectivity index (χ0v) is 10.2. The second-order valence-electron chi connectivity index (χ2n) is 4.27. The van der Waals surface area contributed by atoms with Gasteiger partial charge in [0, 0.05) is 17.3 Å². The minimum atomic E-state index is -3.18. The first-order valence-electron chi connectivity index (χ1n) is 5.64. The van der Waals surface area contributed by atoms with E-state index in [1.807, 2.05) is 4.98 Å². The highest BCUT2D eigenvalue weighted by atomic mass is 19.3. The molecule has 100 valence electrons. The van der Waals surface area contributed by atoms with Crippen molar-refractivity contribution in [3.63, 3.8) is 0 Å². The molecule has 0 aliphatic heterocycles. The Balaban J connectivity index is 2.39. The largest absolute Gasteiger partial charge is 0.328 e. The van der Waals surface area contributed by atoms with Crippen molar-refractivity contribution in [3.05, 3.63) is 68.5 Å². The normalized spacial score (nSPS) is 11.5. The number of alkyl halides is 2. The predicted octanol–water partition coefficient (Wildman–Crippen LogP) is 1.64. The lowest BCUT2D eigenvalue weighted by molar-refractivity contribution is -0.0235. The summed E-state index contributed by atoms with van der Waals surface area (Å²) >= 11 is 0. The number of aryl methyl sites for hydroxylation is 1. The van der Waals surface area contributed by atoms with Crippen LogP contribution in [0.25, 0.3) is 0 Å². The Kier molecular flexibility index (Phi) is 3.33. The summed E-state index contributed by atoms with van der Waals surface area (Å²) in [5.41, 5.74) is -1.37. The molecular weight excluding hydrogens is 254 g/mol. The van der Waals surface area contributed by atoms with Crippen LogP contribution in [-0.2, 0) is 12.5 Å². The number of nitrogens with zero attached hydrogens (tertiary/aromatic N) is 1. The van der Waals surface area contributed by atoms with E-state index in [2.05, 4.69) is 0 Å². The number of benzene rings is 1. The first-order chi connectivity index (χ1) is 8.90. The average molecular weight is 266 g/mol. The third-order valence-electron chi connectivity index (χ3n) is 2.75. The van der Waals surface area contributed by atoms with Crippen LogP contribution in [0.1, 0.15) is 11.1 Å². The van der Waals surface area contributed by atoms with Gasteiger partial charge in [-0.3, -0.25) is 14.3 Å². The van der Waals surface area contributed by atoms with Gasteiger partial charge < -0.3 is 0 Å². The molecule has 1 N–H and O–H groups in total. The van der Waals surface area contributed by atoms with Crippen molar-refractivity contribution in [2.24, 2.45) is 0 Å². The molecule has 0 unspecified atom stereocenters. The van der Waals surface area contributed by atoms with Crippen LogP contribution in [0.5, 0.6) is 0 Å². The second-order valence-corrected chi connectivity index (χ2v) is 4.27. The van der Waals surface area contributed by atoms with E-state index in [1.54, 1.807) is 6.07 Å². The number of rotatable bonds is 3. The van der Waals surface area contributed by atoms with Gasteiger partial charge in [-0.1, -0.05) is 30.3 Å². The van der Waals surface area contributed by atoms with E-state index in [-0.39, 0.29) is 11.1 Å². The summed E-state index contributed by atoms with van der Waals surface area (Å²) in [5, 5.41) is 0. The maximum atomic E-state index is 14.0. The molecule has 6 heteroatoms. The molecule has 0 saturated carbocycles. The van der Waals surface area contributed by atoms with Gasteiger partial charge in [-0.15, -0.1) is 0 Å². The lowest BCUT2D eigenvalue weighted by atomic mass is 10.1. The van der Waals surface area contributed by atoms with Crippen molar-refractivity contribution in [1.82, 2.24) is 9.55 Å². The van der Waals surface area contributed by atoms with Crippen LogP contribution < -0.4 is 11.2 Å². The zero-order chi connectivity index (χ0) is 14.0. The summed E-state index contributed by atoms with van der Waals surface area (Å²) in [5.74, 6) is -3.18. The van der Waals surface area contributed by atoms with Crippen molar-refractivity contribution >= 4 is 0 Å². The van der Waals surface area contributed by atoms with E-state index in [1.165, 1.54) is 31.2 Å². The highest BCUT2D eigenvalue weighted by Gasteiger charge is 2.32. The van der Waals surface area contributed by atoms with E-state index >= 15 is 0 Å². The number of hydrogen-bond acceptors (Lipinski definition) is 2. The third-order valence-corrected chi connectivity index (χ3v) is 2.75. The fourth-order valence-corrected chi connectivity index (χ4v) is 1.72. The molecule has 0 bridgehead atoms. The monoisotopic (exact) mass is 266 g/mol. The molecular formula is C13H12F2N2O2. The molecule has 1 aromatic carbocycles. The first kappa shape index (κ1) is 13.2.